The minimum atomic E-state index is -3.00. The molecule has 17 heavy (non-hydrogen) atoms. The van der Waals surface area contributed by atoms with Crippen molar-refractivity contribution >= 4 is 27.3 Å². The van der Waals surface area contributed by atoms with E-state index in [-0.39, 0.29) is 23.1 Å². The zero-order valence-electron chi connectivity index (χ0n) is 8.94. The molecule has 2 N–H and O–H groups in total. The van der Waals surface area contributed by atoms with E-state index < -0.39 is 20.6 Å². The minimum Gasteiger partial charge on any atom is -0.367 e. The molecule has 1 saturated heterocycles. The van der Waals surface area contributed by atoms with E-state index in [9.17, 15) is 13.2 Å². The maximum absolute atomic E-state index is 11.6. The van der Waals surface area contributed by atoms with Crippen molar-refractivity contribution in [2.24, 2.45) is 0 Å². The van der Waals surface area contributed by atoms with Gasteiger partial charge in [0.05, 0.1) is 17.3 Å². The number of aromatic amines is 1. The number of anilines is 1. The lowest BCUT2D eigenvalue weighted by Crippen LogP contribution is -2.26. The molecule has 6 nitrogen and oxygen atoms in total. The molecule has 0 radical (unpaired) electrons. The van der Waals surface area contributed by atoms with Crippen LogP contribution in [0.3, 0.4) is 0 Å². The summed E-state index contributed by atoms with van der Waals surface area (Å²) < 4.78 is 23.1. The summed E-state index contributed by atoms with van der Waals surface area (Å²) in [5.74, 6) is 0.452. The van der Waals surface area contributed by atoms with E-state index in [1.165, 1.54) is 6.33 Å². The molecule has 1 aliphatic rings. The molecule has 1 atom stereocenters. The topological polar surface area (TPSA) is 91.9 Å². The molecule has 1 unspecified atom stereocenters. The quantitative estimate of drug-likeness (QED) is 0.835. The standard InChI is InChI=1S/C9H12ClN3O3S/c10-7-8(12-5-13-9(7)14)11-4-6-2-1-3-17(6,15)16/h5-6H,1-4H2,(H2,11,12,13,14). The number of nitrogens with one attached hydrogen (secondary N) is 2. The number of H-pyrrole nitrogens is 1. The summed E-state index contributed by atoms with van der Waals surface area (Å²) in [6.45, 7) is 0.235. The van der Waals surface area contributed by atoms with Gasteiger partial charge in [-0.25, -0.2) is 13.4 Å². The third kappa shape index (κ3) is 2.61. The summed E-state index contributed by atoms with van der Waals surface area (Å²) in [5, 5.41) is 2.34. The summed E-state index contributed by atoms with van der Waals surface area (Å²) in [5.41, 5.74) is -0.446. The van der Waals surface area contributed by atoms with E-state index in [1.54, 1.807) is 0 Å². The lowest BCUT2D eigenvalue weighted by atomic mass is 10.2. The Balaban J connectivity index is 2.08. The van der Waals surface area contributed by atoms with Crippen LogP contribution in [0.2, 0.25) is 5.02 Å². The Morgan fingerprint density at radius 1 is 1.59 bits per heavy atom. The summed E-state index contributed by atoms with van der Waals surface area (Å²) >= 11 is 5.73. The van der Waals surface area contributed by atoms with Crippen molar-refractivity contribution in [3.05, 3.63) is 21.7 Å². The molecular formula is C9H12ClN3O3S. The lowest BCUT2D eigenvalue weighted by Gasteiger charge is -2.11. The summed E-state index contributed by atoms with van der Waals surface area (Å²) in [4.78, 5) is 17.4. The Morgan fingerprint density at radius 2 is 2.35 bits per heavy atom. The van der Waals surface area contributed by atoms with Crippen LogP contribution >= 0.6 is 11.6 Å². The first kappa shape index (κ1) is 12.4. The van der Waals surface area contributed by atoms with Crippen molar-refractivity contribution in [1.82, 2.24) is 9.97 Å². The molecule has 1 fully saturated rings. The molecule has 2 rings (SSSR count). The molecule has 0 saturated carbocycles. The van der Waals surface area contributed by atoms with Gasteiger partial charge >= 0.3 is 0 Å². The Labute approximate surface area is 103 Å². The van der Waals surface area contributed by atoms with E-state index in [4.69, 9.17) is 11.6 Å². The fraction of sp³-hybridized carbons (Fsp3) is 0.556. The highest BCUT2D eigenvalue weighted by atomic mass is 35.5. The van der Waals surface area contributed by atoms with Crippen molar-refractivity contribution in [3.63, 3.8) is 0 Å². The van der Waals surface area contributed by atoms with Gasteiger partial charge in [0, 0.05) is 6.54 Å². The average Bonchev–Trinajstić information content (AvgIpc) is 2.60. The Hall–Kier alpha value is -1.08. The van der Waals surface area contributed by atoms with Gasteiger partial charge in [-0.1, -0.05) is 11.6 Å². The van der Waals surface area contributed by atoms with Crippen LogP contribution < -0.4 is 10.9 Å². The van der Waals surface area contributed by atoms with Crippen LogP contribution in [0.1, 0.15) is 12.8 Å². The van der Waals surface area contributed by atoms with Crippen LogP contribution in [-0.4, -0.2) is 35.9 Å². The van der Waals surface area contributed by atoms with Gasteiger partial charge in [0.25, 0.3) is 5.56 Å². The van der Waals surface area contributed by atoms with Crippen molar-refractivity contribution in [2.75, 3.05) is 17.6 Å². The SMILES string of the molecule is O=c1[nH]cnc(NCC2CCCS2(=O)=O)c1Cl. The maximum Gasteiger partial charge on any atom is 0.271 e. The van der Waals surface area contributed by atoms with Crippen molar-refractivity contribution in [2.45, 2.75) is 18.1 Å². The van der Waals surface area contributed by atoms with Gasteiger partial charge in [-0.05, 0) is 12.8 Å². The molecule has 1 aromatic heterocycles. The molecular weight excluding hydrogens is 266 g/mol. The highest BCUT2D eigenvalue weighted by molar-refractivity contribution is 7.92. The molecule has 1 aliphatic heterocycles. The second-order valence-electron chi connectivity index (χ2n) is 3.91. The number of nitrogens with zero attached hydrogens (tertiary/aromatic N) is 1. The zero-order valence-corrected chi connectivity index (χ0v) is 10.5. The second-order valence-corrected chi connectivity index (χ2v) is 6.68. The van der Waals surface area contributed by atoms with Crippen molar-refractivity contribution in [1.29, 1.82) is 0 Å². The van der Waals surface area contributed by atoms with Crippen LogP contribution in [0, 0.1) is 0 Å². The Kier molecular flexibility index (Phi) is 3.39. The number of hydrogen-bond donors (Lipinski definition) is 2. The summed E-state index contributed by atoms with van der Waals surface area (Å²) in [7, 11) is -3.00. The number of hydrogen-bond acceptors (Lipinski definition) is 5. The van der Waals surface area contributed by atoms with E-state index in [0.29, 0.717) is 12.8 Å². The zero-order chi connectivity index (χ0) is 12.5. The third-order valence-electron chi connectivity index (χ3n) is 2.76. The van der Waals surface area contributed by atoms with E-state index in [0.717, 1.165) is 0 Å². The smallest absolute Gasteiger partial charge is 0.271 e. The molecule has 0 amide bonds. The number of halogens is 1. The highest BCUT2D eigenvalue weighted by Gasteiger charge is 2.31. The predicted octanol–water partition coefficient (Wildman–Crippen LogP) is 0.412. The van der Waals surface area contributed by atoms with Crippen LogP contribution in [0.15, 0.2) is 11.1 Å². The van der Waals surface area contributed by atoms with Gasteiger partial charge in [0.15, 0.2) is 15.7 Å². The van der Waals surface area contributed by atoms with E-state index in [2.05, 4.69) is 15.3 Å². The Morgan fingerprint density at radius 3 is 3.00 bits per heavy atom. The molecule has 94 valence electrons. The number of rotatable bonds is 3. The molecule has 0 aliphatic carbocycles. The molecule has 0 bridgehead atoms. The summed E-state index contributed by atoms with van der Waals surface area (Å²) in [6.07, 6.45) is 2.54. The van der Waals surface area contributed by atoms with Gasteiger partial charge in [-0.2, -0.15) is 0 Å². The number of sulfone groups is 1. The van der Waals surface area contributed by atoms with Gasteiger partial charge in [-0.15, -0.1) is 0 Å². The first-order chi connectivity index (χ1) is 8.00. The molecule has 8 heteroatoms. The van der Waals surface area contributed by atoms with E-state index >= 15 is 0 Å². The fourth-order valence-electron chi connectivity index (χ4n) is 1.80. The van der Waals surface area contributed by atoms with Crippen molar-refractivity contribution in [3.8, 4) is 0 Å². The monoisotopic (exact) mass is 277 g/mol. The predicted molar refractivity (Wildman–Crippen MR) is 65.2 cm³/mol. The van der Waals surface area contributed by atoms with Gasteiger partial charge < -0.3 is 10.3 Å². The first-order valence-corrected chi connectivity index (χ1v) is 7.28. The van der Waals surface area contributed by atoms with Crippen LogP contribution in [0.4, 0.5) is 5.82 Å². The number of aromatic nitrogens is 2. The average molecular weight is 278 g/mol. The molecule has 0 aromatic carbocycles. The second kappa shape index (κ2) is 4.66. The fourth-order valence-corrected chi connectivity index (χ4v) is 3.74. The molecule has 0 spiro atoms. The lowest BCUT2D eigenvalue weighted by molar-refractivity contribution is 0.591. The van der Waals surface area contributed by atoms with Gasteiger partial charge in [0.2, 0.25) is 0 Å². The normalized spacial score (nSPS) is 22.5. The maximum atomic E-state index is 11.6. The Bertz CT molecular complexity index is 569. The largest absolute Gasteiger partial charge is 0.367 e. The third-order valence-corrected chi connectivity index (χ3v) is 5.38. The first-order valence-electron chi connectivity index (χ1n) is 5.19. The van der Waals surface area contributed by atoms with Gasteiger partial charge in [-0.3, -0.25) is 4.79 Å². The summed E-state index contributed by atoms with van der Waals surface area (Å²) in [6, 6.07) is 0. The molecule has 2 heterocycles. The van der Waals surface area contributed by atoms with Crippen LogP contribution in [0.25, 0.3) is 0 Å². The molecule has 1 aromatic rings. The minimum absolute atomic E-state index is 0.0529. The van der Waals surface area contributed by atoms with Crippen LogP contribution in [0.5, 0.6) is 0 Å². The highest BCUT2D eigenvalue weighted by Crippen LogP contribution is 2.21. The van der Waals surface area contributed by atoms with Crippen molar-refractivity contribution < 1.29 is 8.42 Å². The van der Waals surface area contributed by atoms with Crippen LogP contribution in [-0.2, 0) is 9.84 Å². The van der Waals surface area contributed by atoms with Gasteiger partial charge in [0.1, 0.15) is 5.02 Å². The van der Waals surface area contributed by atoms with E-state index in [1.807, 2.05) is 0 Å².